The van der Waals surface area contributed by atoms with Crippen molar-refractivity contribution in [3.05, 3.63) is 95.1 Å². The average molecular weight is 466 g/mol. The third-order valence-electron chi connectivity index (χ3n) is 5.40. The van der Waals surface area contributed by atoms with Crippen molar-refractivity contribution in [3.8, 4) is 45.3 Å². The Morgan fingerprint density at radius 3 is 1.14 bits per heavy atom. The second kappa shape index (κ2) is 9.84. The molecule has 4 aromatic rings. The van der Waals surface area contributed by atoms with E-state index in [1.165, 1.54) is 48.5 Å². The summed E-state index contributed by atoms with van der Waals surface area (Å²) in [6.07, 6.45) is 2.51. The van der Waals surface area contributed by atoms with Gasteiger partial charge in [-0.15, -0.1) is 0 Å². The Labute approximate surface area is 199 Å². The largest absolute Gasteiger partial charge is 0.507 e. The maximum absolute atomic E-state index is 11.4. The number of hydrogen-bond donors (Lipinski definition) is 2. The normalized spacial score (nSPS) is 10.4. The molecule has 0 aromatic heterocycles. The molecule has 2 N–H and O–H groups in total. The van der Waals surface area contributed by atoms with Crippen molar-refractivity contribution >= 4 is 25.1 Å². The molecular weight excluding hydrogens is 448 g/mol. The van der Waals surface area contributed by atoms with Crippen LogP contribution in [0.3, 0.4) is 0 Å². The zero-order chi connectivity index (χ0) is 24.9. The fraction of sp³-hybridized carbons (Fsp3) is 0. The quantitative estimate of drug-likeness (QED) is 0.330. The zero-order valence-electron chi connectivity index (χ0n) is 18.2. The van der Waals surface area contributed by atoms with Gasteiger partial charge >= 0.3 is 0 Å². The molecule has 7 heteroatoms. The number of ether oxygens (including phenoxy) is 1. The van der Waals surface area contributed by atoms with Crippen LogP contribution in [-0.2, 0) is 0 Å². The molecule has 0 saturated carbocycles. The van der Waals surface area contributed by atoms with Gasteiger partial charge in [0, 0.05) is 44.5 Å². The summed E-state index contributed by atoms with van der Waals surface area (Å²) in [5.74, 6) is 0.185. The van der Waals surface area contributed by atoms with E-state index in [4.69, 9.17) is 4.74 Å². The summed E-state index contributed by atoms with van der Waals surface area (Å²) in [4.78, 5) is 44.9. The predicted octanol–water partition coefficient (Wildman–Crippen LogP) is 5.47. The molecule has 0 unspecified atom stereocenters. The molecule has 7 nitrogen and oxygen atoms in total. The molecule has 0 aliphatic carbocycles. The molecule has 35 heavy (non-hydrogen) atoms. The summed E-state index contributed by atoms with van der Waals surface area (Å²) in [5.41, 5.74) is 2.67. The molecule has 4 aromatic carbocycles. The third-order valence-corrected chi connectivity index (χ3v) is 5.40. The molecule has 0 fully saturated rings. The van der Waals surface area contributed by atoms with E-state index in [0.717, 1.165) is 0 Å². The van der Waals surface area contributed by atoms with Gasteiger partial charge in [-0.3, -0.25) is 19.2 Å². The predicted molar refractivity (Wildman–Crippen MR) is 129 cm³/mol. The second-order valence-electron chi connectivity index (χ2n) is 7.64. The van der Waals surface area contributed by atoms with E-state index >= 15 is 0 Å². The number of carbonyl (C=O) groups is 4. The molecule has 0 saturated heterocycles. The van der Waals surface area contributed by atoms with Crippen molar-refractivity contribution in [2.24, 2.45) is 0 Å². The molecule has 172 valence electrons. The first kappa shape index (κ1) is 23.1. The lowest BCUT2D eigenvalue weighted by atomic mass is 9.98. The van der Waals surface area contributed by atoms with Crippen molar-refractivity contribution in [3.63, 3.8) is 0 Å². The van der Waals surface area contributed by atoms with Crippen LogP contribution >= 0.6 is 0 Å². The van der Waals surface area contributed by atoms with Gasteiger partial charge in [-0.1, -0.05) is 12.1 Å². The molecule has 0 aliphatic heterocycles. The number of rotatable bonds is 8. The molecule has 0 spiro atoms. The van der Waals surface area contributed by atoms with Crippen LogP contribution in [0.4, 0.5) is 0 Å². The number of benzene rings is 4. The van der Waals surface area contributed by atoms with Gasteiger partial charge in [0.15, 0.2) is 0 Å². The summed E-state index contributed by atoms with van der Waals surface area (Å²) in [6.45, 7) is 0. The highest BCUT2D eigenvalue weighted by atomic mass is 16.5. The Balaban J connectivity index is 1.87. The molecule has 4 rings (SSSR count). The van der Waals surface area contributed by atoms with Crippen molar-refractivity contribution in [2.75, 3.05) is 0 Å². The number of phenols is 2. The van der Waals surface area contributed by atoms with Crippen molar-refractivity contribution < 1.29 is 34.1 Å². The van der Waals surface area contributed by atoms with Gasteiger partial charge in [0.05, 0.1) is 0 Å². The van der Waals surface area contributed by atoms with Crippen LogP contribution < -0.4 is 4.74 Å². The first-order chi connectivity index (χ1) is 17.0. The van der Waals surface area contributed by atoms with Crippen LogP contribution in [-0.4, -0.2) is 35.4 Å². The van der Waals surface area contributed by atoms with E-state index < -0.39 is 0 Å². The van der Waals surface area contributed by atoms with E-state index in [9.17, 15) is 29.4 Å². The Hall–Kier alpha value is -5.04. The highest BCUT2D eigenvalue weighted by Gasteiger charge is 2.17. The van der Waals surface area contributed by atoms with Crippen LogP contribution in [0.25, 0.3) is 22.3 Å². The molecule has 0 radical (unpaired) electrons. The lowest BCUT2D eigenvalue weighted by Gasteiger charge is -2.17. The standard InChI is InChI=1S/C28H18O7/c29-13-17-3-7-27(23(9-17)21-5-1-19(15-31)11-25(21)33)35-28-8-4-18(14-30)10-24(28)22-6-2-20(16-32)12-26(22)34/h1-16,33-34H. The van der Waals surface area contributed by atoms with Crippen LogP contribution in [0.2, 0.25) is 0 Å². The summed E-state index contributed by atoms with van der Waals surface area (Å²) in [5, 5.41) is 21.0. The highest BCUT2D eigenvalue weighted by Crippen LogP contribution is 2.43. The summed E-state index contributed by atoms with van der Waals surface area (Å²) in [6, 6.07) is 18.0. The minimum absolute atomic E-state index is 0.180. The SMILES string of the molecule is O=Cc1ccc(-c2cc(C=O)ccc2Oc2ccc(C=O)cc2-c2ccc(C=O)cc2O)c(O)c1. The second-order valence-corrected chi connectivity index (χ2v) is 7.64. The van der Waals surface area contributed by atoms with E-state index in [1.54, 1.807) is 24.3 Å². The van der Waals surface area contributed by atoms with E-state index in [1.807, 2.05) is 0 Å². The molecular formula is C28H18O7. The van der Waals surface area contributed by atoms with Gasteiger partial charge in [-0.25, -0.2) is 0 Å². The molecule has 0 atom stereocenters. The van der Waals surface area contributed by atoms with Gasteiger partial charge in [0.2, 0.25) is 0 Å². The number of carbonyl (C=O) groups excluding carboxylic acids is 4. The number of aromatic hydroxyl groups is 2. The Kier molecular flexibility index (Phi) is 6.50. The Morgan fingerprint density at radius 1 is 0.457 bits per heavy atom. The smallest absolute Gasteiger partial charge is 0.150 e. The number of hydrogen-bond acceptors (Lipinski definition) is 7. The molecule has 0 aliphatic rings. The Bertz CT molecular complexity index is 1360. The summed E-state index contributed by atoms with van der Waals surface area (Å²) >= 11 is 0. The van der Waals surface area contributed by atoms with Crippen LogP contribution in [0, 0.1) is 0 Å². The third kappa shape index (κ3) is 4.69. The zero-order valence-corrected chi connectivity index (χ0v) is 18.2. The molecule has 0 bridgehead atoms. The van der Waals surface area contributed by atoms with Crippen molar-refractivity contribution in [1.82, 2.24) is 0 Å². The lowest BCUT2D eigenvalue weighted by Crippen LogP contribution is -1.95. The van der Waals surface area contributed by atoms with E-state index in [2.05, 4.69) is 0 Å². The monoisotopic (exact) mass is 466 g/mol. The topological polar surface area (TPSA) is 118 Å². The van der Waals surface area contributed by atoms with Crippen LogP contribution in [0.5, 0.6) is 23.0 Å². The molecule has 0 heterocycles. The van der Waals surface area contributed by atoms with Gasteiger partial charge in [0.1, 0.15) is 48.1 Å². The minimum atomic E-state index is -0.180. The Morgan fingerprint density at radius 2 is 0.800 bits per heavy atom. The number of aldehydes is 4. The van der Waals surface area contributed by atoms with Crippen LogP contribution in [0.15, 0.2) is 72.8 Å². The summed E-state index contributed by atoms with van der Waals surface area (Å²) < 4.78 is 6.18. The number of phenolic OH excluding ortho intramolecular Hbond substituents is 2. The van der Waals surface area contributed by atoms with Crippen LogP contribution in [0.1, 0.15) is 41.4 Å². The maximum Gasteiger partial charge on any atom is 0.150 e. The summed E-state index contributed by atoms with van der Waals surface area (Å²) in [7, 11) is 0. The van der Waals surface area contributed by atoms with Crippen molar-refractivity contribution in [1.29, 1.82) is 0 Å². The lowest BCUT2D eigenvalue weighted by molar-refractivity contribution is 0.111. The van der Waals surface area contributed by atoms with Gasteiger partial charge < -0.3 is 14.9 Å². The minimum Gasteiger partial charge on any atom is -0.507 e. The van der Waals surface area contributed by atoms with Gasteiger partial charge in [0.25, 0.3) is 0 Å². The fourth-order valence-corrected chi connectivity index (χ4v) is 3.66. The average Bonchev–Trinajstić information content (AvgIpc) is 2.89. The first-order valence-corrected chi connectivity index (χ1v) is 10.4. The molecule has 0 amide bonds. The fourth-order valence-electron chi connectivity index (χ4n) is 3.66. The van der Waals surface area contributed by atoms with Gasteiger partial charge in [-0.05, 0) is 60.7 Å². The maximum atomic E-state index is 11.4. The highest BCUT2D eigenvalue weighted by molar-refractivity contribution is 5.88. The van der Waals surface area contributed by atoms with E-state index in [0.29, 0.717) is 58.5 Å². The first-order valence-electron chi connectivity index (χ1n) is 10.4. The van der Waals surface area contributed by atoms with E-state index in [-0.39, 0.29) is 34.1 Å². The van der Waals surface area contributed by atoms with Crippen molar-refractivity contribution in [2.45, 2.75) is 0 Å². The van der Waals surface area contributed by atoms with Gasteiger partial charge in [-0.2, -0.15) is 0 Å².